The number of imidazole rings is 2. The number of rotatable bonds is 2. The summed E-state index contributed by atoms with van der Waals surface area (Å²) < 4.78 is 0. The van der Waals surface area contributed by atoms with Gasteiger partial charge in [-0.3, -0.25) is 0 Å². The number of hydrogen-bond acceptors (Lipinski definition) is 6. The Bertz CT molecular complexity index is 413. The molecule has 0 aliphatic heterocycles. The van der Waals surface area contributed by atoms with E-state index in [1.54, 1.807) is 0 Å². The summed E-state index contributed by atoms with van der Waals surface area (Å²) in [5, 5.41) is 19.8. The number of carbonyl (C=O) groups is 2. The molecule has 2 aromatic heterocycles. The van der Waals surface area contributed by atoms with Gasteiger partial charge in [-0.15, -0.1) is 0 Å². The van der Waals surface area contributed by atoms with Crippen LogP contribution in [0.25, 0.3) is 0 Å². The van der Waals surface area contributed by atoms with Crippen LogP contribution in [0.15, 0.2) is 25.0 Å². The minimum absolute atomic E-state index is 0. The quantitative estimate of drug-likeness (QED) is 0.528. The molecule has 0 bridgehead atoms. The monoisotopic (exact) mass is 300 g/mol. The minimum atomic E-state index is -1.23. The molecule has 18 heavy (non-hydrogen) atoms. The molecule has 0 aliphatic rings. The Morgan fingerprint density at radius 1 is 0.889 bits per heavy atom. The summed E-state index contributed by atoms with van der Waals surface area (Å²) in [6, 6.07) is 0. The van der Waals surface area contributed by atoms with Gasteiger partial charge < -0.3 is 29.8 Å². The summed E-state index contributed by atoms with van der Waals surface area (Å²) in [5.41, 5.74) is 0.00926. The van der Waals surface area contributed by atoms with Gasteiger partial charge in [0.1, 0.15) is 0 Å². The maximum absolute atomic E-state index is 9.88. The predicted octanol–water partition coefficient (Wildman–Crippen LogP) is -8.45. The predicted molar refractivity (Wildman–Crippen MR) is 45.8 cm³/mol. The summed E-state index contributed by atoms with van der Waals surface area (Å²) in [5.74, 6) is -2.47. The van der Waals surface area contributed by atoms with Gasteiger partial charge >= 0.3 is 103 Å². The second-order valence-corrected chi connectivity index (χ2v) is 2.51. The van der Waals surface area contributed by atoms with Gasteiger partial charge in [-0.2, -0.15) is 0 Å². The van der Waals surface area contributed by atoms with E-state index in [0.29, 0.717) is 0 Å². The summed E-state index contributed by atoms with van der Waals surface area (Å²) in [7, 11) is 0. The maximum Gasteiger partial charge on any atom is 1.00 e. The number of hydrogen-bond donors (Lipinski definition) is 2. The smallest absolute Gasteiger partial charge is 0.543 e. The summed E-state index contributed by atoms with van der Waals surface area (Å²) in [6.07, 6.45) is 4.95. The molecule has 0 saturated heterocycles. The van der Waals surface area contributed by atoms with Crippen LogP contribution in [0.2, 0.25) is 0 Å². The van der Waals surface area contributed by atoms with E-state index >= 15 is 0 Å². The van der Waals surface area contributed by atoms with Gasteiger partial charge in [0.05, 0.1) is 48.4 Å². The van der Waals surface area contributed by atoms with E-state index in [9.17, 15) is 19.8 Å². The van der Waals surface area contributed by atoms with Crippen molar-refractivity contribution in [1.29, 1.82) is 0 Å². The van der Waals surface area contributed by atoms with E-state index in [2.05, 4.69) is 19.9 Å². The van der Waals surface area contributed by atoms with E-state index in [1.807, 2.05) is 0 Å². The van der Waals surface area contributed by atoms with Crippen molar-refractivity contribution in [1.82, 2.24) is 19.9 Å². The largest absolute Gasteiger partial charge is 1.00 e. The normalized spacial score (nSPS) is 8.00. The molecular weight excluding hydrogens is 294 g/mol. The molecule has 2 heterocycles. The number of carbonyl (C=O) groups excluding carboxylic acids is 2. The molecule has 0 spiro atoms. The van der Waals surface area contributed by atoms with Crippen molar-refractivity contribution in [3.8, 4) is 0 Å². The first kappa shape index (κ1) is 20.9. The molecule has 0 unspecified atom stereocenters. The van der Waals surface area contributed by atoms with Crippen molar-refractivity contribution in [3.63, 3.8) is 0 Å². The average molecular weight is 300 g/mol. The Morgan fingerprint density at radius 2 is 1.22 bits per heavy atom. The first-order valence-electron chi connectivity index (χ1n) is 4.00. The fourth-order valence-corrected chi connectivity index (χ4v) is 0.735. The molecule has 0 atom stereocenters. The van der Waals surface area contributed by atoms with Crippen LogP contribution in [0.3, 0.4) is 0 Å². The van der Waals surface area contributed by atoms with Crippen LogP contribution < -0.4 is 113 Å². The second-order valence-electron chi connectivity index (χ2n) is 2.51. The molecule has 0 aliphatic carbocycles. The zero-order valence-electron chi connectivity index (χ0n) is 9.84. The third-order valence-corrected chi connectivity index (χ3v) is 1.44. The molecule has 10 heteroatoms. The first-order chi connectivity index (χ1) is 7.61. The molecule has 0 saturated carbocycles. The number of aromatic carboxylic acids is 2. The third kappa shape index (κ3) is 7.94. The number of nitrogens with zero attached hydrogens (tertiary/aromatic N) is 2. The Kier molecular flexibility index (Phi) is 13.3. The molecule has 2 rings (SSSR count). The van der Waals surface area contributed by atoms with Crippen LogP contribution >= 0.6 is 0 Å². The standard InChI is InChI=1S/2C4H4N2O2.2K/c2*7-4(8)3-1-5-2-6-3;;/h2*1-2H,(H,5,6)(H,7,8);;/q;;2*+1/p-2. The fraction of sp³-hybridized carbons (Fsp3) is 0. The Hall–Kier alpha value is 0.633. The molecular formula is C8H6K2N4O4. The van der Waals surface area contributed by atoms with Gasteiger partial charge in [0.2, 0.25) is 0 Å². The zero-order valence-corrected chi connectivity index (χ0v) is 16.1. The zero-order chi connectivity index (χ0) is 12.0. The molecule has 2 aromatic rings. The van der Waals surface area contributed by atoms with Gasteiger partial charge in [0.15, 0.2) is 0 Å². The summed E-state index contributed by atoms with van der Waals surface area (Å²) in [6.45, 7) is 0. The second kappa shape index (κ2) is 11.5. The van der Waals surface area contributed by atoms with Crippen LogP contribution in [-0.2, 0) is 0 Å². The number of carboxylic acids is 2. The molecule has 8 nitrogen and oxygen atoms in total. The number of aromatic amines is 2. The van der Waals surface area contributed by atoms with Gasteiger partial charge in [-0.1, -0.05) is 0 Å². The van der Waals surface area contributed by atoms with E-state index in [1.165, 1.54) is 25.0 Å². The van der Waals surface area contributed by atoms with Crippen molar-refractivity contribution in [2.24, 2.45) is 0 Å². The van der Waals surface area contributed by atoms with E-state index in [-0.39, 0.29) is 114 Å². The average Bonchev–Trinajstić information content (AvgIpc) is 2.93. The van der Waals surface area contributed by atoms with Crippen molar-refractivity contribution >= 4 is 11.9 Å². The maximum atomic E-state index is 9.88. The number of nitrogens with one attached hydrogen (secondary N) is 2. The summed E-state index contributed by atoms with van der Waals surface area (Å²) >= 11 is 0. The van der Waals surface area contributed by atoms with Gasteiger partial charge in [0, 0.05) is 0 Å². The molecule has 0 amide bonds. The van der Waals surface area contributed by atoms with Crippen LogP contribution in [0.1, 0.15) is 21.0 Å². The van der Waals surface area contributed by atoms with Crippen LogP contribution in [0.5, 0.6) is 0 Å². The van der Waals surface area contributed by atoms with Crippen LogP contribution in [-0.4, -0.2) is 31.9 Å². The molecule has 84 valence electrons. The van der Waals surface area contributed by atoms with E-state index in [0.717, 1.165) is 0 Å². The van der Waals surface area contributed by atoms with Crippen molar-refractivity contribution < 1.29 is 123 Å². The van der Waals surface area contributed by atoms with Crippen LogP contribution in [0.4, 0.5) is 0 Å². The number of H-pyrrole nitrogens is 2. The summed E-state index contributed by atoms with van der Waals surface area (Å²) in [4.78, 5) is 31.4. The minimum Gasteiger partial charge on any atom is -0.543 e. The Morgan fingerprint density at radius 3 is 1.33 bits per heavy atom. The number of aromatic nitrogens is 4. The number of carboxylic acid groups (broad SMARTS) is 2. The Labute approximate surface area is 187 Å². The van der Waals surface area contributed by atoms with Crippen molar-refractivity contribution in [2.75, 3.05) is 0 Å². The molecule has 0 radical (unpaired) electrons. The van der Waals surface area contributed by atoms with Gasteiger partial charge in [-0.25, -0.2) is 9.97 Å². The topological polar surface area (TPSA) is 138 Å². The molecule has 0 fully saturated rings. The van der Waals surface area contributed by atoms with Crippen molar-refractivity contribution in [2.45, 2.75) is 0 Å². The van der Waals surface area contributed by atoms with E-state index < -0.39 is 11.9 Å². The Balaban J connectivity index is 0. The van der Waals surface area contributed by atoms with Crippen LogP contribution in [0, 0.1) is 0 Å². The van der Waals surface area contributed by atoms with Crippen molar-refractivity contribution in [3.05, 3.63) is 36.4 Å². The van der Waals surface area contributed by atoms with Gasteiger partial charge in [0.25, 0.3) is 0 Å². The third-order valence-electron chi connectivity index (χ3n) is 1.44. The van der Waals surface area contributed by atoms with Gasteiger partial charge in [-0.05, 0) is 0 Å². The first-order valence-corrected chi connectivity index (χ1v) is 4.00. The van der Waals surface area contributed by atoms with E-state index in [4.69, 9.17) is 0 Å². The fourth-order valence-electron chi connectivity index (χ4n) is 0.735. The molecule has 0 aromatic carbocycles. The molecule has 2 N–H and O–H groups in total. The SMILES string of the molecule is O=C([O-])c1cnc[nH]1.O=C([O-])c1cnc[nH]1.[K+].[K+].